The van der Waals surface area contributed by atoms with E-state index < -0.39 is 6.04 Å². The Kier molecular flexibility index (Phi) is 7.65. The third kappa shape index (κ3) is 5.46. The molecule has 1 aliphatic rings. The Morgan fingerprint density at radius 2 is 1.79 bits per heavy atom. The quantitative estimate of drug-likeness (QED) is 0.243. The van der Waals surface area contributed by atoms with Crippen LogP contribution in [-0.4, -0.2) is 17.1 Å². The Morgan fingerprint density at radius 3 is 2.50 bits per heavy atom. The van der Waals surface area contributed by atoms with Crippen molar-refractivity contribution in [2.24, 2.45) is 4.99 Å². The van der Waals surface area contributed by atoms with Gasteiger partial charge in [0.1, 0.15) is 17.3 Å². The van der Waals surface area contributed by atoms with Crippen LogP contribution in [0.25, 0.3) is 17.4 Å². The molecule has 210 valence electrons. The van der Waals surface area contributed by atoms with Crippen LogP contribution in [0.5, 0.6) is 5.75 Å². The minimum Gasteiger partial charge on any atom is -0.494 e. The number of halogens is 1. The van der Waals surface area contributed by atoms with Crippen molar-refractivity contribution in [1.29, 1.82) is 0 Å². The van der Waals surface area contributed by atoms with Crippen molar-refractivity contribution in [3.63, 3.8) is 0 Å². The van der Waals surface area contributed by atoms with E-state index in [1.54, 1.807) is 29.7 Å². The van der Waals surface area contributed by atoms with Gasteiger partial charge in [-0.1, -0.05) is 53.3 Å². The number of carbonyl (C=O) groups is 1. The first-order valence-electron chi connectivity index (χ1n) is 13.4. The molecule has 6 rings (SSSR count). The molecule has 5 aromatic rings. The Balaban J connectivity index is 1.44. The lowest BCUT2D eigenvalue weighted by Gasteiger charge is -2.25. The fourth-order valence-electron chi connectivity index (χ4n) is 4.89. The fraction of sp³-hybridized carbons (Fsp3) is 0.121. The fourth-order valence-corrected chi connectivity index (χ4v) is 6.04. The van der Waals surface area contributed by atoms with Gasteiger partial charge < -0.3 is 14.5 Å². The summed E-state index contributed by atoms with van der Waals surface area (Å²) in [5.74, 6) is 1.57. The average molecular weight is 596 g/mol. The summed E-state index contributed by atoms with van der Waals surface area (Å²) in [6.45, 7) is 4.25. The van der Waals surface area contributed by atoms with E-state index in [9.17, 15) is 9.59 Å². The molecule has 0 saturated carbocycles. The van der Waals surface area contributed by atoms with Crippen molar-refractivity contribution in [3.8, 4) is 17.1 Å². The highest BCUT2D eigenvalue weighted by molar-refractivity contribution is 7.07. The molecular formula is C33H26ClN3O4S. The molecule has 42 heavy (non-hydrogen) atoms. The van der Waals surface area contributed by atoms with Crippen LogP contribution >= 0.6 is 22.9 Å². The zero-order chi connectivity index (χ0) is 29.2. The number of furan rings is 1. The minimum absolute atomic E-state index is 0.264. The lowest BCUT2D eigenvalue weighted by molar-refractivity contribution is -0.113. The maximum atomic E-state index is 14.0. The Bertz CT molecular complexity index is 1970. The number of amides is 1. The molecule has 3 heterocycles. The lowest BCUT2D eigenvalue weighted by Crippen LogP contribution is -2.40. The standard InChI is InChI=1S/C33H26ClN3O4S/c1-3-40-25-15-11-22(12-16-25)30-29(31(38)36-24-7-5-4-6-8-24)20(2)35-33-37(30)32(39)28(42-33)19-26-17-18-27(41-26)21-9-13-23(34)14-10-21/h4-19,30H,3H2,1-2H3,(H,36,38)/b28-19-/t30-/m0/s1. The molecule has 0 fully saturated rings. The third-order valence-corrected chi connectivity index (χ3v) is 8.07. The number of benzene rings is 3. The van der Waals surface area contributed by atoms with Gasteiger partial charge in [-0.3, -0.25) is 14.2 Å². The second kappa shape index (κ2) is 11.7. The largest absolute Gasteiger partial charge is 0.494 e. The number of aromatic nitrogens is 1. The molecule has 1 atom stereocenters. The second-order valence-electron chi connectivity index (χ2n) is 9.61. The highest BCUT2D eigenvalue weighted by atomic mass is 35.5. The van der Waals surface area contributed by atoms with Gasteiger partial charge >= 0.3 is 0 Å². The molecular weight excluding hydrogens is 570 g/mol. The molecule has 0 bridgehead atoms. The van der Waals surface area contributed by atoms with Crippen molar-refractivity contribution in [1.82, 2.24) is 4.57 Å². The normalized spacial score (nSPS) is 14.8. The van der Waals surface area contributed by atoms with E-state index in [2.05, 4.69) is 5.32 Å². The molecule has 0 unspecified atom stereocenters. The molecule has 1 N–H and O–H groups in total. The summed E-state index contributed by atoms with van der Waals surface area (Å²) < 4.78 is 13.7. The van der Waals surface area contributed by atoms with Crippen molar-refractivity contribution in [2.75, 3.05) is 11.9 Å². The van der Waals surface area contributed by atoms with Crippen LogP contribution in [0.1, 0.15) is 31.2 Å². The number of hydrogen-bond acceptors (Lipinski definition) is 6. The van der Waals surface area contributed by atoms with E-state index in [1.807, 2.05) is 85.8 Å². The van der Waals surface area contributed by atoms with E-state index >= 15 is 0 Å². The number of anilines is 1. The molecule has 2 aromatic heterocycles. The number of fused-ring (bicyclic) bond motifs is 1. The summed E-state index contributed by atoms with van der Waals surface area (Å²) in [7, 11) is 0. The first kappa shape index (κ1) is 27.5. The van der Waals surface area contributed by atoms with Gasteiger partial charge in [0.15, 0.2) is 4.80 Å². The zero-order valence-corrected chi connectivity index (χ0v) is 24.4. The number of hydrogen-bond donors (Lipinski definition) is 1. The van der Waals surface area contributed by atoms with Crippen molar-refractivity contribution >= 4 is 40.6 Å². The van der Waals surface area contributed by atoms with Gasteiger partial charge in [-0.15, -0.1) is 0 Å². The number of para-hydroxylation sites is 1. The molecule has 3 aromatic carbocycles. The summed E-state index contributed by atoms with van der Waals surface area (Å²) in [6, 6.07) is 27.0. The molecule has 7 nitrogen and oxygen atoms in total. The summed E-state index contributed by atoms with van der Waals surface area (Å²) in [5, 5.41) is 3.61. The summed E-state index contributed by atoms with van der Waals surface area (Å²) in [5.41, 5.74) is 2.96. The van der Waals surface area contributed by atoms with Crippen LogP contribution in [0.3, 0.4) is 0 Å². The number of rotatable bonds is 7. The van der Waals surface area contributed by atoms with E-state index in [4.69, 9.17) is 25.7 Å². The number of thiazole rings is 1. The molecule has 1 amide bonds. The van der Waals surface area contributed by atoms with E-state index in [1.165, 1.54) is 11.3 Å². The van der Waals surface area contributed by atoms with Gasteiger partial charge in [-0.2, -0.15) is 0 Å². The number of nitrogens with one attached hydrogen (secondary N) is 1. The Hall–Kier alpha value is -4.66. The highest BCUT2D eigenvalue weighted by Gasteiger charge is 2.32. The number of ether oxygens (including phenoxy) is 1. The molecule has 0 saturated heterocycles. The van der Waals surface area contributed by atoms with Gasteiger partial charge in [0.2, 0.25) is 0 Å². The van der Waals surface area contributed by atoms with E-state index in [0.717, 1.165) is 11.1 Å². The Labute approximate surface area is 250 Å². The maximum Gasteiger partial charge on any atom is 0.271 e. The van der Waals surface area contributed by atoms with Crippen molar-refractivity contribution in [2.45, 2.75) is 19.9 Å². The van der Waals surface area contributed by atoms with E-state index in [0.29, 0.717) is 55.2 Å². The van der Waals surface area contributed by atoms with Crippen LogP contribution in [0.4, 0.5) is 5.69 Å². The first-order chi connectivity index (χ1) is 20.4. The molecule has 0 radical (unpaired) electrons. The number of allylic oxidation sites excluding steroid dienone is 1. The minimum atomic E-state index is -0.691. The lowest BCUT2D eigenvalue weighted by atomic mass is 9.95. The van der Waals surface area contributed by atoms with Crippen molar-refractivity contribution in [3.05, 3.63) is 138 Å². The summed E-state index contributed by atoms with van der Waals surface area (Å²) in [6.07, 6.45) is 1.71. The smallest absolute Gasteiger partial charge is 0.271 e. The van der Waals surface area contributed by atoms with Gasteiger partial charge in [-0.25, -0.2) is 4.99 Å². The number of carbonyl (C=O) groups excluding carboxylic acids is 1. The molecule has 1 aliphatic heterocycles. The van der Waals surface area contributed by atoms with Gasteiger partial charge in [-0.05, 0) is 80.1 Å². The summed E-state index contributed by atoms with van der Waals surface area (Å²) in [4.78, 5) is 32.9. The van der Waals surface area contributed by atoms with Crippen LogP contribution in [0.15, 0.2) is 116 Å². The SMILES string of the molecule is CCOc1ccc([C@H]2C(C(=O)Nc3ccccc3)=C(C)N=c3s/c(=C\c4ccc(-c5ccc(Cl)cc5)o4)c(=O)n32)cc1. The highest BCUT2D eigenvalue weighted by Crippen LogP contribution is 2.32. The number of nitrogens with zero attached hydrogens (tertiary/aromatic N) is 2. The molecule has 0 aliphatic carbocycles. The van der Waals surface area contributed by atoms with Crippen LogP contribution in [-0.2, 0) is 4.79 Å². The van der Waals surface area contributed by atoms with Crippen LogP contribution in [0, 0.1) is 0 Å². The monoisotopic (exact) mass is 595 g/mol. The van der Waals surface area contributed by atoms with Crippen LogP contribution in [0.2, 0.25) is 5.02 Å². The van der Waals surface area contributed by atoms with Gasteiger partial charge in [0.05, 0.1) is 28.5 Å². The zero-order valence-electron chi connectivity index (χ0n) is 22.8. The first-order valence-corrected chi connectivity index (χ1v) is 14.6. The predicted octanol–water partition coefficient (Wildman–Crippen LogP) is 6.19. The summed E-state index contributed by atoms with van der Waals surface area (Å²) >= 11 is 7.28. The topological polar surface area (TPSA) is 85.8 Å². The maximum absolute atomic E-state index is 14.0. The van der Waals surface area contributed by atoms with Crippen molar-refractivity contribution < 1.29 is 13.9 Å². The van der Waals surface area contributed by atoms with Crippen LogP contribution < -0.4 is 24.9 Å². The van der Waals surface area contributed by atoms with Gasteiger partial charge in [0, 0.05) is 22.3 Å². The third-order valence-electron chi connectivity index (χ3n) is 6.83. The average Bonchev–Trinajstić information content (AvgIpc) is 3.58. The van der Waals surface area contributed by atoms with Gasteiger partial charge in [0.25, 0.3) is 11.5 Å². The predicted molar refractivity (Wildman–Crippen MR) is 166 cm³/mol. The molecule has 9 heteroatoms. The molecule has 0 spiro atoms. The Morgan fingerprint density at radius 1 is 1.05 bits per heavy atom. The second-order valence-corrected chi connectivity index (χ2v) is 11.1. The van der Waals surface area contributed by atoms with E-state index in [-0.39, 0.29) is 11.5 Å².